The van der Waals surface area contributed by atoms with Gasteiger partial charge in [0.15, 0.2) is 18.1 Å². The van der Waals surface area contributed by atoms with Crippen molar-refractivity contribution in [3.8, 4) is 0 Å². The number of para-hydroxylation sites is 3. The third-order valence-corrected chi connectivity index (χ3v) is 4.49. The summed E-state index contributed by atoms with van der Waals surface area (Å²) in [5.41, 5.74) is 2.18. The van der Waals surface area contributed by atoms with Crippen LogP contribution >= 0.6 is 0 Å². The lowest BCUT2D eigenvalue weighted by Gasteiger charge is -2.11. The van der Waals surface area contributed by atoms with Gasteiger partial charge in [0.2, 0.25) is 0 Å². The van der Waals surface area contributed by atoms with E-state index in [0.717, 1.165) is 16.5 Å². The van der Waals surface area contributed by atoms with E-state index in [9.17, 15) is 9.59 Å². The first kappa shape index (κ1) is 18.7. The van der Waals surface area contributed by atoms with Gasteiger partial charge in [0.1, 0.15) is 16.9 Å². The van der Waals surface area contributed by atoms with E-state index >= 15 is 0 Å². The summed E-state index contributed by atoms with van der Waals surface area (Å²) in [6.07, 6.45) is 0.393. The molecule has 2 aromatic heterocycles. The van der Waals surface area contributed by atoms with Crippen LogP contribution in [0.5, 0.6) is 0 Å². The summed E-state index contributed by atoms with van der Waals surface area (Å²) in [5, 5.41) is 3.73. The number of hydrogen-bond donors (Lipinski definition) is 1. The SMILES string of the molecule is C[C@@H](NC(=O)COC(=O)CCc1nc2ccccc2o1)c1cc2ccccc2o1. The molecule has 0 aliphatic heterocycles. The van der Waals surface area contributed by atoms with Gasteiger partial charge in [0.25, 0.3) is 5.91 Å². The topological polar surface area (TPSA) is 94.6 Å². The molecule has 7 nitrogen and oxygen atoms in total. The number of benzene rings is 2. The maximum atomic E-state index is 12.1. The number of oxazole rings is 1. The van der Waals surface area contributed by atoms with Crippen LogP contribution in [0.15, 0.2) is 63.4 Å². The lowest BCUT2D eigenvalue weighted by molar-refractivity contribution is -0.148. The predicted molar refractivity (Wildman–Crippen MR) is 106 cm³/mol. The Morgan fingerprint density at radius 3 is 2.62 bits per heavy atom. The van der Waals surface area contributed by atoms with Crippen LogP contribution in [0, 0.1) is 0 Å². The fourth-order valence-electron chi connectivity index (χ4n) is 3.02. The second kappa shape index (κ2) is 8.18. The molecule has 0 saturated carbocycles. The fraction of sp³-hybridized carbons (Fsp3) is 0.227. The standard InChI is InChI=1S/C22H20N2O5/c1-14(19-12-15-6-2-4-8-17(15)28-19)23-20(25)13-27-22(26)11-10-21-24-16-7-3-5-9-18(16)29-21/h2-9,12,14H,10-11,13H2,1H3,(H,23,25)/t14-/m1/s1. The second-order valence-corrected chi connectivity index (χ2v) is 6.71. The van der Waals surface area contributed by atoms with E-state index in [-0.39, 0.29) is 19.1 Å². The van der Waals surface area contributed by atoms with Gasteiger partial charge in [-0.2, -0.15) is 0 Å². The largest absolute Gasteiger partial charge is 0.459 e. The minimum absolute atomic E-state index is 0.0826. The highest BCUT2D eigenvalue weighted by Gasteiger charge is 2.16. The minimum Gasteiger partial charge on any atom is -0.459 e. The van der Waals surface area contributed by atoms with Crippen molar-refractivity contribution in [1.29, 1.82) is 0 Å². The summed E-state index contributed by atoms with van der Waals surface area (Å²) >= 11 is 0. The van der Waals surface area contributed by atoms with Gasteiger partial charge in [-0.3, -0.25) is 9.59 Å². The number of aromatic nitrogens is 1. The molecule has 1 atom stereocenters. The predicted octanol–water partition coefficient (Wildman–Crippen LogP) is 3.93. The van der Waals surface area contributed by atoms with Gasteiger partial charge in [-0.15, -0.1) is 0 Å². The zero-order valence-corrected chi connectivity index (χ0v) is 15.9. The summed E-state index contributed by atoms with van der Waals surface area (Å²) in [4.78, 5) is 28.3. The molecule has 4 rings (SSSR count). The normalized spacial score (nSPS) is 12.2. The van der Waals surface area contributed by atoms with Crippen molar-refractivity contribution in [3.63, 3.8) is 0 Å². The molecular weight excluding hydrogens is 372 g/mol. The number of hydrogen-bond acceptors (Lipinski definition) is 6. The molecule has 0 bridgehead atoms. The quantitative estimate of drug-likeness (QED) is 0.479. The number of carbonyl (C=O) groups excluding carboxylic acids is 2. The number of fused-ring (bicyclic) bond motifs is 2. The van der Waals surface area contributed by atoms with Gasteiger partial charge in [0.05, 0.1) is 12.5 Å². The van der Waals surface area contributed by atoms with Crippen LogP contribution in [0.3, 0.4) is 0 Å². The van der Waals surface area contributed by atoms with E-state index in [4.69, 9.17) is 13.6 Å². The zero-order chi connectivity index (χ0) is 20.2. The summed E-state index contributed by atoms with van der Waals surface area (Å²) in [6.45, 7) is 1.46. The van der Waals surface area contributed by atoms with Crippen LogP contribution in [-0.2, 0) is 20.7 Å². The number of carbonyl (C=O) groups is 2. The molecule has 2 heterocycles. The molecule has 0 radical (unpaired) electrons. The van der Waals surface area contributed by atoms with Crippen molar-refractivity contribution >= 4 is 33.9 Å². The van der Waals surface area contributed by atoms with Gasteiger partial charge in [-0.25, -0.2) is 4.98 Å². The Labute approximate surface area is 166 Å². The van der Waals surface area contributed by atoms with E-state index in [1.54, 1.807) is 0 Å². The van der Waals surface area contributed by atoms with Crippen molar-refractivity contribution in [3.05, 3.63) is 66.2 Å². The molecule has 0 saturated heterocycles. The molecule has 148 valence electrons. The molecule has 1 N–H and O–H groups in total. The average Bonchev–Trinajstić information content (AvgIpc) is 3.34. The van der Waals surface area contributed by atoms with Crippen LogP contribution in [0.25, 0.3) is 22.1 Å². The van der Waals surface area contributed by atoms with Crippen molar-refractivity contribution < 1.29 is 23.2 Å². The van der Waals surface area contributed by atoms with Gasteiger partial charge >= 0.3 is 5.97 Å². The first-order valence-electron chi connectivity index (χ1n) is 9.36. The van der Waals surface area contributed by atoms with E-state index in [1.807, 2.05) is 61.5 Å². The average molecular weight is 392 g/mol. The number of aryl methyl sites for hydroxylation is 1. The highest BCUT2D eigenvalue weighted by atomic mass is 16.5. The maximum Gasteiger partial charge on any atom is 0.306 e. The van der Waals surface area contributed by atoms with Crippen molar-refractivity contribution in [2.24, 2.45) is 0 Å². The number of furan rings is 1. The summed E-state index contributed by atoms with van der Waals surface area (Å²) < 4.78 is 16.3. The first-order chi connectivity index (χ1) is 14.1. The molecule has 1 amide bonds. The van der Waals surface area contributed by atoms with Gasteiger partial charge < -0.3 is 18.9 Å². The lowest BCUT2D eigenvalue weighted by Crippen LogP contribution is -2.31. The third kappa shape index (κ3) is 4.45. The van der Waals surface area contributed by atoms with Crippen LogP contribution in [0.4, 0.5) is 0 Å². The Morgan fingerprint density at radius 1 is 1.07 bits per heavy atom. The Morgan fingerprint density at radius 2 is 1.83 bits per heavy atom. The van der Waals surface area contributed by atoms with Crippen molar-refractivity contribution in [2.75, 3.05) is 6.61 Å². The first-order valence-corrected chi connectivity index (χ1v) is 9.36. The van der Waals surface area contributed by atoms with Crippen LogP contribution < -0.4 is 5.32 Å². The Bertz CT molecular complexity index is 1090. The third-order valence-electron chi connectivity index (χ3n) is 4.49. The number of nitrogens with zero attached hydrogens (tertiary/aromatic N) is 1. The molecular formula is C22H20N2O5. The minimum atomic E-state index is -0.487. The van der Waals surface area contributed by atoms with E-state index in [2.05, 4.69) is 10.3 Å². The monoisotopic (exact) mass is 392 g/mol. The molecule has 7 heteroatoms. The summed E-state index contributed by atoms with van der Waals surface area (Å²) in [7, 11) is 0. The smallest absolute Gasteiger partial charge is 0.306 e. The maximum absolute atomic E-state index is 12.1. The fourth-order valence-corrected chi connectivity index (χ4v) is 3.02. The highest BCUT2D eigenvalue weighted by Crippen LogP contribution is 2.23. The zero-order valence-electron chi connectivity index (χ0n) is 15.9. The number of nitrogens with one attached hydrogen (secondary N) is 1. The van der Waals surface area contributed by atoms with Crippen molar-refractivity contribution in [1.82, 2.24) is 10.3 Å². The number of amides is 1. The Balaban J connectivity index is 1.23. The van der Waals surface area contributed by atoms with E-state index in [1.165, 1.54) is 0 Å². The van der Waals surface area contributed by atoms with Crippen LogP contribution in [0.2, 0.25) is 0 Å². The van der Waals surface area contributed by atoms with Crippen LogP contribution in [-0.4, -0.2) is 23.5 Å². The van der Waals surface area contributed by atoms with Gasteiger partial charge in [-0.1, -0.05) is 30.3 Å². The molecule has 0 aliphatic rings. The van der Waals surface area contributed by atoms with Crippen LogP contribution in [0.1, 0.15) is 31.0 Å². The molecule has 0 unspecified atom stereocenters. The molecule has 2 aromatic carbocycles. The van der Waals surface area contributed by atoms with E-state index in [0.29, 0.717) is 23.7 Å². The second-order valence-electron chi connectivity index (χ2n) is 6.71. The molecule has 29 heavy (non-hydrogen) atoms. The molecule has 4 aromatic rings. The molecule has 0 spiro atoms. The highest BCUT2D eigenvalue weighted by molar-refractivity contribution is 5.81. The summed E-state index contributed by atoms with van der Waals surface area (Å²) in [5.74, 6) is 0.222. The summed E-state index contributed by atoms with van der Waals surface area (Å²) in [6, 6.07) is 16.5. The Hall–Kier alpha value is -3.61. The number of rotatable bonds is 7. The lowest BCUT2D eigenvalue weighted by atomic mass is 10.2. The van der Waals surface area contributed by atoms with Gasteiger partial charge in [-0.05, 0) is 31.2 Å². The Kier molecular flexibility index (Phi) is 5.29. The number of esters is 1. The molecule has 0 fully saturated rings. The van der Waals surface area contributed by atoms with Crippen molar-refractivity contribution in [2.45, 2.75) is 25.8 Å². The van der Waals surface area contributed by atoms with E-state index < -0.39 is 11.9 Å². The number of ether oxygens (including phenoxy) is 1. The molecule has 0 aliphatic carbocycles. The van der Waals surface area contributed by atoms with Gasteiger partial charge in [0, 0.05) is 11.8 Å².